The van der Waals surface area contributed by atoms with Crippen LogP contribution >= 0.6 is 0 Å². The minimum atomic E-state index is -0.216. The van der Waals surface area contributed by atoms with Crippen LogP contribution in [-0.2, 0) is 17.6 Å². The molecule has 2 aliphatic rings. The zero-order chi connectivity index (χ0) is 24.3. The molecule has 2 heterocycles. The smallest absolute Gasteiger partial charge is 0.253 e. The standard InChI is InChI=1S/C30H41NO3/c1-6-23-18-25(12-11-24(23)17-21(2)3)29(32)31-15-13-30(14-16-31)19-26(20-33-22(4)5)27-9-7-8-10-28(27)34-30/h7-12,18,21-22,26H,6,13-17,19-20H2,1-5H3. The summed E-state index contributed by atoms with van der Waals surface area (Å²) in [7, 11) is 0. The number of amides is 1. The molecule has 34 heavy (non-hydrogen) atoms. The Morgan fingerprint density at radius 1 is 1.09 bits per heavy atom. The number of hydrogen-bond acceptors (Lipinski definition) is 3. The summed E-state index contributed by atoms with van der Waals surface area (Å²) in [5, 5.41) is 0. The molecule has 0 aromatic heterocycles. The minimum absolute atomic E-state index is 0.150. The molecule has 1 spiro atoms. The molecule has 2 aliphatic heterocycles. The molecular formula is C30H41NO3. The number of para-hydroxylation sites is 1. The van der Waals surface area contributed by atoms with Gasteiger partial charge in [-0.05, 0) is 73.9 Å². The van der Waals surface area contributed by atoms with E-state index in [0.29, 0.717) is 18.4 Å². The molecule has 4 rings (SSSR count). The quantitative estimate of drug-likeness (QED) is 0.476. The maximum absolute atomic E-state index is 13.4. The summed E-state index contributed by atoms with van der Waals surface area (Å²) >= 11 is 0. The van der Waals surface area contributed by atoms with E-state index in [1.807, 2.05) is 17.0 Å². The number of aryl methyl sites for hydroxylation is 1. The second-order valence-electron chi connectivity index (χ2n) is 10.8. The Bertz CT molecular complexity index is 988. The van der Waals surface area contributed by atoms with Gasteiger partial charge in [0.05, 0.1) is 12.7 Å². The fourth-order valence-electron chi connectivity index (χ4n) is 5.54. The third kappa shape index (κ3) is 5.49. The molecule has 1 fully saturated rings. The van der Waals surface area contributed by atoms with E-state index in [2.05, 4.69) is 65.0 Å². The van der Waals surface area contributed by atoms with Crippen molar-refractivity contribution in [2.75, 3.05) is 19.7 Å². The number of carbonyl (C=O) groups excluding carboxylic acids is 1. The van der Waals surface area contributed by atoms with Gasteiger partial charge in [0.25, 0.3) is 5.91 Å². The van der Waals surface area contributed by atoms with Crippen LogP contribution in [0.1, 0.15) is 86.8 Å². The highest BCUT2D eigenvalue weighted by atomic mass is 16.5. The molecule has 1 unspecified atom stereocenters. The van der Waals surface area contributed by atoms with E-state index in [1.54, 1.807) is 0 Å². The first-order chi connectivity index (χ1) is 16.3. The molecule has 4 nitrogen and oxygen atoms in total. The van der Waals surface area contributed by atoms with Crippen molar-refractivity contribution in [2.45, 2.75) is 84.3 Å². The van der Waals surface area contributed by atoms with Crippen molar-refractivity contribution in [1.29, 1.82) is 0 Å². The highest BCUT2D eigenvalue weighted by Gasteiger charge is 2.44. The number of piperidine rings is 1. The molecule has 4 heteroatoms. The summed E-state index contributed by atoms with van der Waals surface area (Å²) in [5.41, 5.74) is 4.52. The van der Waals surface area contributed by atoms with Gasteiger partial charge >= 0.3 is 0 Å². The van der Waals surface area contributed by atoms with Gasteiger partial charge < -0.3 is 14.4 Å². The van der Waals surface area contributed by atoms with Crippen LogP contribution in [0.3, 0.4) is 0 Å². The molecule has 1 saturated heterocycles. The lowest BCUT2D eigenvalue weighted by atomic mass is 9.77. The Kier molecular flexibility index (Phi) is 7.67. The van der Waals surface area contributed by atoms with Crippen LogP contribution < -0.4 is 4.74 Å². The third-order valence-corrected chi connectivity index (χ3v) is 7.36. The van der Waals surface area contributed by atoms with E-state index in [-0.39, 0.29) is 17.6 Å². The average molecular weight is 464 g/mol. The third-order valence-electron chi connectivity index (χ3n) is 7.36. The van der Waals surface area contributed by atoms with Crippen molar-refractivity contribution in [2.24, 2.45) is 5.92 Å². The predicted molar refractivity (Wildman–Crippen MR) is 138 cm³/mol. The molecule has 1 atom stereocenters. The van der Waals surface area contributed by atoms with Crippen molar-refractivity contribution in [3.05, 3.63) is 64.7 Å². The molecule has 0 radical (unpaired) electrons. The molecule has 0 aliphatic carbocycles. The fourth-order valence-corrected chi connectivity index (χ4v) is 5.54. The molecule has 0 N–H and O–H groups in total. The summed E-state index contributed by atoms with van der Waals surface area (Å²) in [6.45, 7) is 13.0. The van der Waals surface area contributed by atoms with E-state index < -0.39 is 0 Å². The molecule has 184 valence electrons. The number of nitrogens with zero attached hydrogens (tertiary/aromatic N) is 1. The van der Waals surface area contributed by atoms with Crippen LogP contribution in [0.15, 0.2) is 42.5 Å². The normalized spacial score (nSPS) is 19.4. The Morgan fingerprint density at radius 3 is 2.50 bits per heavy atom. The van der Waals surface area contributed by atoms with Crippen molar-refractivity contribution in [3.8, 4) is 5.75 Å². The number of fused-ring (bicyclic) bond motifs is 1. The van der Waals surface area contributed by atoms with Crippen LogP contribution in [0.4, 0.5) is 0 Å². The monoisotopic (exact) mass is 463 g/mol. The maximum Gasteiger partial charge on any atom is 0.253 e. The number of benzene rings is 2. The minimum Gasteiger partial charge on any atom is -0.487 e. The predicted octanol–water partition coefficient (Wildman–Crippen LogP) is 6.41. The van der Waals surface area contributed by atoms with Gasteiger partial charge in [-0.15, -0.1) is 0 Å². The number of ether oxygens (including phenoxy) is 2. The number of carbonyl (C=O) groups is 1. The fraction of sp³-hybridized carbons (Fsp3) is 0.567. The van der Waals surface area contributed by atoms with E-state index >= 15 is 0 Å². The first-order valence-electron chi connectivity index (χ1n) is 13.1. The van der Waals surface area contributed by atoms with Gasteiger partial charge in [0.15, 0.2) is 0 Å². The molecule has 0 saturated carbocycles. The summed E-state index contributed by atoms with van der Waals surface area (Å²) < 4.78 is 12.7. The van der Waals surface area contributed by atoms with Gasteiger partial charge in [-0.3, -0.25) is 4.79 Å². The lowest BCUT2D eigenvalue weighted by Gasteiger charge is -2.47. The van der Waals surface area contributed by atoms with Gasteiger partial charge in [0.1, 0.15) is 11.4 Å². The van der Waals surface area contributed by atoms with Crippen molar-refractivity contribution in [1.82, 2.24) is 4.90 Å². The van der Waals surface area contributed by atoms with Gasteiger partial charge in [-0.1, -0.05) is 45.0 Å². The van der Waals surface area contributed by atoms with Crippen LogP contribution in [-0.4, -0.2) is 42.2 Å². The Labute approximate surface area is 205 Å². The van der Waals surface area contributed by atoms with Crippen LogP contribution in [0, 0.1) is 5.92 Å². The summed E-state index contributed by atoms with van der Waals surface area (Å²) in [6.07, 6.45) is 4.89. The van der Waals surface area contributed by atoms with Crippen LogP contribution in [0.5, 0.6) is 5.75 Å². The lowest BCUT2D eigenvalue weighted by molar-refractivity contribution is -0.0325. The highest BCUT2D eigenvalue weighted by molar-refractivity contribution is 5.94. The average Bonchev–Trinajstić information content (AvgIpc) is 2.82. The summed E-state index contributed by atoms with van der Waals surface area (Å²) in [6, 6.07) is 14.7. The zero-order valence-corrected chi connectivity index (χ0v) is 21.6. The lowest BCUT2D eigenvalue weighted by Crippen LogP contribution is -2.52. The molecule has 1 amide bonds. The largest absolute Gasteiger partial charge is 0.487 e. The molecule has 2 aromatic carbocycles. The Hall–Kier alpha value is -2.33. The SMILES string of the molecule is CCc1cc(C(=O)N2CCC3(CC2)CC(COC(C)C)c2ccccc2O3)ccc1CC(C)C. The van der Waals surface area contributed by atoms with E-state index in [1.165, 1.54) is 16.7 Å². The zero-order valence-electron chi connectivity index (χ0n) is 21.6. The van der Waals surface area contributed by atoms with E-state index in [4.69, 9.17) is 9.47 Å². The molecule has 0 bridgehead atoms. The van der Waals surface area contributed by atoms with Gasteiger partial charge in [-0.2, -0.15) is 0 Å². The van der Waals surface area contributed by atoms with Gasteiger partial charge in [0, 0.05) is 37.4 Å². The van der Waals surface area contributed by atoms with E-state index in [9.17, 15) is 4.79 Å². The number of rotatable bonds is 7. The van der Waals surface area contributed by atoms with Crippen LogP contribution in [0.25, 0.3) is 0 Å². The maximum atomic E-state index is 13.4. The number of likely N-dealkylation sites (tertiary alicyclic amines) is 1. The van der Waals surface area contributed by atoms with Gasteiger partial charge in [0.2, 0.25) is 0 Å². The van der Waals surface area contributed by atoms with Crippen LogP contribution in [0.2, 0.25) is 0 Å². The number of hydrogen-bond donors (Lipinski definition) is 0. The summed E-state index contributed by atoms with van der Waals surface area (Å²) in [5.74, 6) is 2.08. The molecular weight excluding hydrogens is 422 g/mol. The van der Waals surface area contributed by atoms with Gasteiger partial charge in [-0.25, -0.2) is 0 Å². The first-order valence-corrected chi connectivity index (χ1v) is 13.1. The first kappa shape index (κ1) is 24.8. The highest BCUT2D eigenvalue weighted by Crippen LogP contribution is 2.45. The molecule has 2 aromatic rings. The van der Waals surface area contributed by atoms with Crippen molar-refractivity contribution >= 4 is 5.91 Å². The van der Waals surface area contributed by atoms with Crippen molar-refractivity contribution < 1.29 is 14.3 Å². The Balaban J connectivity index is 1.46. The second kappa shape index (κ2) is 10.5. The summed E-state index contributed by atoms with van der Waals surface area (Å²) in [4.78, 5) is 15.4. The Morgan fingerprint density at radius 2 is 1.82 bits per heavy atom. The van der Waals surface area contributed by atoms with Crippen molar-refractivity contribution in [3.63, 3.8) is 0 Å². The van der Waals surface area contributed by atoms with E-state index in [0.717, 1.165) is 56.5 Å². The topological polar surface area (TPSA) is 38.8 Å². The second-order valence-corrected chi connectivity index (χ2v) is 10.8.